The van der Waals surface area contributed by atoms with Gasteiger partial charge in [0.15, 0.2) is 0 Å². The molecule has 2 atom stereocenters. The molecule has 0 saturated carbocycles. The van der Waals surface area contributed by atoms with E-state index in [4.69, 9.17) is 0 Å². The summed E-state index contributed by atoms with van der Waals surface area (Å²) in [5.74, 6) is 0. The Hall–Kier alpha value is -2.01. The lowest BCUT2D eigenvalue weighted by atomic mass is 9.81. The van der Waals surface area contributed by atoms with Crippen molar-refractivity contribution >= 4 is 16.5 Å². The van der Waals surface area contributed by atoms with E-state index in [1.807, 2.05) is 12.1 Å². The smallest absolute Gasteiger partial charge is 0.296 e. The SMILES string of the molecule is C[C@]12CCCN1Cc1nnc(=O)c3cccc4c3c1C2N4. The number of hydrogen-bond acceptors (Lipinski definition) is 5. The van der Waals surface area contributed by atoms with Crippen molar-refractivity contribution in [3.8, 4) is 0 Å². The summed E-state index contributed by atoms with van der Waals surface area (Å²) in [7, 11) is 0. The van der Waals surface area contributed by atoms with Crippen molar-refractivity contribution in [3.05, 3.63) is 39.8 Å². The molecular weight excluding hydrogens is 264 g/mol. The highest BCUT2D eigenvalue weighted by Gasteiger charge is 2.50. The molecule has 2 aromatic rings. The predicted molar refractivity (Wildman–Crippen MR) is 80.2 cm³/mol. The minimum absolute atomic E-state index is 0.109. The fourth-order valence-electron chi connectivity index (χ4n) is 4.43. The van der Waals surface area contributed by atoms with Crippen LogP contribution in [0.3, 0.4) is 0 Å². The summed E-state index contributed by atoms with van der Waals surface area (Å²) >= 11 is 0. The minimum Gasteiger partial charge on any atom is -0.376 e. The second-order valence-electron chi connectivity index (χ2n) is 6.55. The first kappa shape index (κ1) is 11.6. The van der Waals surface area contributed by atoms with Crippen LogP contribution in [0.5, 0.6) is 0 Å². The van der Waals surface area contributed by atoms with Gasteiger partial charge >= 0.3 is 0 Å². The summed E-state index contributed by atoms with van der Waals surface area (Å²) in [6.45, 7) is 4.23. The maximum absolute atomic E-state index is 12.2. The average Bonchev–Trinajstić information content (AvgIpc) is 3.01. The molecule has 1 fully saturated rings. The summed E-state index contributed by atoms with van der Waals surface area (Å²) < 4.78 is 0. The highest BCUT2D eigenvalue weighted by Crippen LogP contribution is 2.52. The molecule has 0 amide bonds. The standard InChI is InChI=1S/C16H16N4O/c1-16-6-3-7-20(16)8-11-13-12-9(15(21)19-18-11)4-2-5-10(12)17-14(13)16/h2,4-5,14,17H,3,6-8H2,1H3/t14?,16-/m1/s1. The molecule has 0 bridgehead atoms. The van der Waals surface area contributed by atoms with Crippen LogP contribution in [0.1, 0.15) is 37.1 Å². The molecule has 1 saturated heterocycles. The first-order chi connectivity index (χ1) is 10.2. The van der Waals surface area contributed by atoms with Crippen molar-refractivity contribution in [1.29, 1.82) is 0 Å². The highest BCUT2D eigenvalue weighted by atomic mass is 16.1. The van der Waals surface area contributed by atoms with Gasteiger partial charge in [-0.05, 0) is 38.4 Å². The van der Waals surface area contributed by atoms with Gasteiger partial charge in [-0.15, -0.1) is 10.2 Å². The Morgan fingerprint density at radius 1 is 1.38 bits per heavy atom. The third-order valence-corrected chi connectivity index (χ3v) is 5.52. The molecule has 4 heterocycles. The largest absolute Gasteiger partial charge is 0.376 e. The number of fused-ring (bicyclic) bond motifs is 2. The fourth-order valence-corrected chi connectivity index (χ4v) is 4.43. The van der Waals surface area contributed by atoms with E-state index in [2.05, 4.69) is 33.4 Å². The van der Waals surface area contributed by atoms with Gasteiger partial charge in [0.2, 0.25) is 0 Å². The third-order valence-electron chi connectivity index (χ3n) is 5.52. The zero-order chi connectivity index (χ0) is 14.2. The van der Waals surface area contributed by atoms with E-state index in [1.54, 1.807) is 0 Å². The van der Waals surface area contributed by atoms with E-state index in [0.29, 0.717) is 5.39 Å². The maximum Gasteiger partial charge on any atom is 0.296 e. The maximum atomic E-state index is 12.2. The summed E-state index contributed by atoms with van der Waals surface area (Å²) in [5.41, 5.74) is 3.10. The lowest BCUT2D eigenvalue weighted by molar-refractivity contribution is 0.109. The summed E-state index contributed by atoms with van der Waals surface area (Å²) in [4.78, 5) is 14.7. The molecule has 5 nitrogen and oxygen atoms in total. The van der Waals surface area contributed by atoms with Crippen LogP contribution in [-0.2, 0) is 6.54 Å². The minimum atomic E-state index is -0.228. The Kier molecular flexibility index (Phi) is 1.99. The average molecular weight is 280 g/mol. The van der Waals surface area contributed by atoms with Gasteiger partial charge in [0.05, 0.1) is 17.1 Å². The van der Waals surface area contributed by atoms with Crippen molar-refractivity contribution in [1.82, 2.24) is 15.1 Å². The monoisotopic (exact) mass is 280 g/mol. The van der Waals surface area contributed by atoms with E-state index in [9.17, 15) is 4.79 Å². The molecule has 1 aromatic carbocycles. The van der Waals surface area contributed by atoms with E-state index >= 15 is 0 Å². The zero-order valence-corrected chi connectivity index (χ0v) is 11.9. The molecule has 0 radical (unpaired) electrons. The van der Waals surface area contributed by atoms with Crippen molar-refractivity contribution in [3.63, 3.8) is 0 Å². The molecule has 0 aliphatic carbocycles. The first-order valence-corrected chi connectivity index (χ1v) is 7.52. The Morgan fingerprint density at radius 2 is 2.29 bits per heavy atom. The Morgan fingerprint density at radius 3 is 3.19 bits per heavy atom. The van der Waals surface area contributed by atoms with Gasteiger partial charge in [-0.1, -0.05) is 6.07 Å². The molecule has 5 rings (SSSR count). The van der Waals surface area contributed by atoms with Gasteiger partial charge in [-0.25, -0.2) is 0 Å². The lowest BCUT2D eigenvalue weighted by Crippen LogP contribution is -2.50. The topological polar surface area (TPSA) is 58.1 Å². The highest BCUT2D eigenvalue weighted by molar-refractivity contribution is 5.99. The van der Waals surface area contributed by atoms with Crippen LogP contribution in [0, 0.1) is 0 Å². The van der Waals surface area contributed by atoms with Crippen LogP contribution in [0.15, 0.2) is 23.0 Å². The van der Waals surface area contributed by atoms with Crippen molar-refractivity contribution in [2.75, 3.05) is 11.9 Å². The lowest BCUT2D eigenvalue weighted by Gasteiger charge is -2.44. The number of benzene rings is 1. The number of hydrogen-bond donors (Lipinski definition) is 1. The molecule has 5 heteroatoms. The van der Waals surface area contributed by atoms with Crippen LogP contribution < -0.4 is 10.9 Å². The first-order valence-electron chi connectivity index (χ1n) is 7.52. The van der Waals surface area contributed by atoms with Gasteiger partial charge in [-0.3, -0.25) is 9.69 Å². The van der Waals surface area contributed by atoms with Crippen molar-refractivity contribution in [2.45, 2.75) is 37.9 Å². The molecule has 1 N–H and O–H groups in total. The number of aromatic nitrogens is 2. The quantitative estimate of drug-likeness (QED) is 0.797. The van der Waals surface area contributed by atoms with E-state index in [0.717, 1.165) is 29.9 Å². The van der Waals surface area contributed by atoms with Gasteiger partial charge in [0.1, 0.15) is 0 Å². The third kappa shape index (κ3) is 1.28. The predicted octanol–water partition coefficient (Wildman–Crippen LogP) is 1.82. The normalized spacial score (nSPS) is 29.5. The molecule has 3 aliphatic rings. The number of nitrogens with zero attached hydrogens (tertiary/aromatic N) is 3. The van der Waals surface area contributed by atoms with Crippen LogP contribution in [-0.4, -0.2) is 27.2 Å². The fraction of sp³-hybridized carbons (Fsp3) is 0.438. The van der Waals surface area contributed by atoms with Crippen molar-refractivity contribution in [2.24, 2.45) is 0 Å². The Labute approximate surface area is 122 Å². The molecule has 3 aliphatic heterocycles. The van der Waals surface area contributed by atoms with E-state index in [-0.39, 0.29) is 17.1 Å². The van der Waals surface area contributed by atoms with Crippen LogP contribution in [0.2, 0.25) is 0 Å². The van der Waals surface area contributed by atoms with Gasteiger partial charge in [-0.2, -0.15) is 0 Å². The summed E-state index contributed by atoms with van der Waals surface area (Å²) in [5, 5.41) is 13.6. The summed E-state index contributed by atoms with van der Waals surface area (Å²) in [6.07, 6.45) is 2.39. The number of anilines is 1. The van der Waals surface area contributed by atoms with Crippen molar-refractivity contribution < 1.29 is 0 Å². The van der Waals surface area contributed by atoms with Crippen LogP contribution >= 0.6 is 0 Å². The van der Waals surface area contributed by atoms with Crippen LogP contribution in [0.25, 0.3) is 10.8 Å². The Bertz CT molecular complexity index is 849. The molecular formula is C16H16N4O. The molecule has 21 heavy (non-hydrogen) atoms. The van der Waals surface area contributed by atoms with Gasteiger partial charge in [0.25, 0.3) is 5.56 Å². The van der Waals surface area contributed by atoms with Gasteiger partial charge in [0, 0.05) is 28.7 Å². The molecule has 1 unspecified atom stereocenters. The van der Waals surface area contributed by atoms with E-state index in [1.165, 1.54) is 18.4 Å². The second-order valence-corrected chi connectivity index (χ2v) is 6.55. The second kappa shape index (κ2) is 3.60. The van der Waals surface area contributed by atoms with Crippen LogP contribution in [0.4, 0.5) is 5.69 Å². The van der Waals surface area contributed by atoms with E-state index < -0.39 is 0 Å². The number of nitrogens with one attached hydrogen (secondary N) is 1. The zero-order valence-electron chi connectivity index (χ0n) is 11.9. The molecule has 1 aromatic heterocycles. The summed E-state index contributed by atoms with van der Waals surface area (Å²) in [6, 6.07) is 6.06. The molecule has 0 spiro atoms. The van der Waals surface area contributed by atoms with Gasteiger partial charge < -0.3 is 5.32 Å². The Balaban J connectivity index is 1.93. The molecule has 106 valence electrons. The number of rotatable bonds is 0.